The first-order chi connectivity index (χ1) is 14.7. The monoisotopic (exact) mass is 433 g/mol. The first-order valence-corrected chi connectivity index (χ1v) is 11.1. The lowest BCUT2D eigenvalue weighted by Crippen LogP contribution is -2.44. The van der Waals surface area contributed by atoms with Crippen molar-refractivity contribution in [3.05, 3.63) is 34.7 Å². The lowest BCUT2D eigenvalue weighted by Gasteiger charge is -2.31. The van der Waals surface area contributed by atoms with Gasteiger partial charge in [0.25, 0.3) is 5.56 Å². The molecule has 1 aromatic heterocycles. The van der Waals surface area contributed by atoms with Crippen molar-refractivity contribution in [2.75, 3.05) is 13.7 Å². The second-order valence-electron chi connectivity index (χ2n) is 9.60. The highest BCUT2D eigenvalue weighted by Crippen LogP contribution is 2.28. The SMILES string of the molecule is CO[C@@H]1C[C@H](CC(=O)NC2CCC(n3ccccc3=O)CC2)N(C(=O)OC(C)(C)C)C1. The molecule has 2 fully saturated rings. The maximum atomic E-state index is 12.7. The van der Waals surface area contributed by atoms with Crippen LogP contribution in [0.3, 0.4) is 0 Å². The third-order valence-electron chi connectivity index (χ3n) is 6.06. The summed E-state index contributed by atoms with van der Waals surface area (Å²) in [4.78, 5) is 39.0. The molecule has 0 unspecified atom stereocenters. The van der Waals surface area contributed by atoms with E-state index < -0.39 is 11.7 Å². The van der Waals surface area contributed by atoms with Gasteiger partial charge in [0.2, 0.25) is 5.91 Å². The minimum atomic E-state index is -0.589. The molecular formula is C23H35N3O5. The van der Waals surface area contributed by atoms with Crippen molar-refractivity contribution in [3.8, 4) is 0 Å². The van der Waals surface area contributed by atoms with E-state index in [4.69, 9.17) is 9.47 Å². The van der Waals surface area contributed by atoms with Crippen LogP contribution in [-0.4, -0.2) is 58.9 Å². The maximum Gasteiger partial charge on any atom is 0.410 e. The van der Waals surface area contributed by atoms with Crippen molar-refractivity contribution >= 4 is 12.0 Å². The van der Waals surface area contributed by atoms with Crippen molar-refractivity contribution in [1.82, 2.24) is 14.8 Å². The van der Waals surface area contributed by atoms with Gasteiger partial charge in [-0.2, -0.15) is 0 Å². The fraction of sp³-hybridized carbons (Fsp3) is 0.696. The molecule has 31 heavy (non-hydrogen) atoms. The number of amides is 2. The molecule has 1 saturated carbocycles. The number of nitrogens with zero attached hydrogens (tertiary/aromatic N) is 2. The Kier molecular flexibility index (Phi) is 7.41. The topological polar surface area (TPSA) is 89.9 Å². The van der Waals surface area contributed by atoms with Crippen LogP contribution in [-0.2, 0) is 14.3 Å². The predicted molar refractivity (Wildman–Crippen MR) is 117 cm³/mol. The summed E-state index contributed by atoms with van der Waals surface area (Å²) in [7, 11) is 1.62. The summed E-state index contributed by atoms with van der Waals surface area (Å²) in [6.07, 6.45) is 5.57. The Bertz CT molecular complexity index is 823. The molecule has 1 saturated heterocycles. The van der Waals surface area contributed by atoms with E-state index in [0.29, 0.717) is 13.0 Å². The van der Waals surface area contributed by atoms with Gasteiger partial charge in [-0.15, -0.1) is 0 Å². The van der Waals surface area contributed by atoms with E-state index in [-0.39, 0.29) is 42.1 Å². The van der Waals surface area contributed by atoms with Gasteiger partial charge in [0.1, 0.15) is 5.60 Å². The van der Waals surface area contributed by atoms with Crippen LogP contribution in [0.15, 0.2) is 29.2 Å². The van der Waals surface area contributed by atoms with Crippen LogP contribution >= 0.6 is 0 Å². The van der Waals surface area contributed by atoms with Crippen LogP contribution in [0.2, 0.25) is 0 Å². The highest BCUT2D eigenvalue weighted by Gasteiger charge is 2.39. The van der Waals surface area contributed by atoms with E-state index in [0.717, 1.165) is 25.7 Å². The summed E-state index contributed by atoms with van der Waals surface area (Å²) in [6, 6.07) is 5.25. The Hall–Kier alpha value is -2.35. The molecular weight excluding hydrogens is 398 g/mol. The Morgan fingerprint density at radius 1 is 1.16 bits per heavy atom. The zero-order chi connectivity index (χ0) is 22.6. The van der Waals surface area contributed by atoms with Gasteiger partial charge >= 0.3 is 6.09 Å². The third kappa shape index (κ3) is 6.32. The number of ether oxygens (including phenoxy) is 2. The van der Waals surface area contributed by atoms with Gasteiger partial charge in [0, 0.05) is 43.9 Å². The molecule has 1 aliphatic heterocycles. The molecule has 2 aliphatic rings. The van der Waals surface area contributed by atoms with E-state index in [2.05, 4.69) is 5.32 Å². The Balaban J connectivity index is 1.52. The van der Waals surface area contributed by atoms with E-state index in [1.807, 2.05) is 33.0 Å². The molecule has 0 radical (unpaired) electrons. The summed E-state index contributed by atoms with van der Waals surface area (Å²) in [5, 5.41) is 3.13. The number of hydrogen-bond acceptors (Lipinski definition) is 5. The smallest absolute Gasteiger partial charge is 0.410 e. The molecule has 0 spiro atoms. The molecule has 3 rings (SSSR count). The third-order valence-corrected chi connectivity index (χ3v) is 6.06. The number of nitrogens with one attached hydrogen (secondary N) is 1. The van der Waals surface area contributed by atoms with Crippen LogP contribution in [0.1, 0.15) is 65.3 Å². The molecule has 2 heterocycles. The minimum Gasteiger partial charge on any atom is -0.444 e. The van der Waals surface area contributed by atoms with E-state index in [9.17, 15) is 14.4 Å². The molecule has 1 N–H and O–H groups in total. The zero-order valence-electron chi connectivity index (χ0n) is 19.0. The summed E-state index contributed by atoms with van der Waals surface area (Å²) in [6.45, 7) is 5.92. The highest BCUT2D eigenvalue weighted by atomic mass is 16.6. The van der Waals surface area contributed by atoms with Gasteiger partial charge in [0.15, 0.2) is 0 Å². The van der Waals surface area contributed by atoms with Crippen molar-refractivity contribution in [2.45, 2.75) is 89.1 Å². The molecule has 0 aromatic carbocycles. The number of likely N-dealkylation sites (tertiary alicyclic amines) is 1. The zero-order valence-corrected chi connectivity index (χ0v) is 19.0. The number of aromatic nitrogens is 1. The number of rotatable bonds is 5. The van der Waals surface area contributed by atoms with Crippen molar-refractivity contribution < 1.29 is 19.1 Å². The van der Waals surface area contributed by atoms with Gasteiger partial charge in [-0.05, 0) is 58.9 Å². The fourth-order valence-corrected chi connectivity index (χ4v) is 4.52. The highest BCUT2D eigenvalue weighted by molar-refractivity contribution is 5.78. The number of carbonyl (C=O) groups excluding carboxylic acids is 2. The lowest BCUT2D eigenvalue weighted by atomic mass is 9.90. The van der Waals surface area contributed by atoms with Gasteiger partial charge in [-0.1, -0.05) is 6.07 Å². The van der Waals surface area contributed by atoms with E-state index in [1.54, 1.807) is 28.7 Å². The molecule has 172 valence electrons. The van der Waals surface area contributed by atoms with Crippen LogP contribution in [0, 0.1) is 0 Å². The van der Waals surface area contributed by atoms with Gasteiger partial charge in [-0.3, -0.25) is 9.59 Å². The molecule has 0 bridgehead atoms. The van der Waals surface area contributed by atoms with Gasteiger partial charge in [-0.25, -0.2) is 4.79 Å². The first-order valence-electron chi connectivity index (χ1n) is 11.1. The summed E-state index contributed by atoms with van der Waals surface area (Å²) in [5.74, 6) is -0.0596. The summed E-state index contributed by atoms with van der Waals surface area (Å²) >= 11 is 0. The van der Waals surface area contributed by atoms with Crippen molar-refractivity contribution in [2.24, 2.45) is 0 Å². The number of hydrogen-bond donors (Lipinski definition) is 1. The summed E-state index contributed by atoms with van der Waals surface area (Å²) < 4.78 is 12.7. The second kappa shape index (κ2) is 9.85. The van der Waals surface area contributed by atoms with Gasteiger partial charge < -0.3 is 24.3 Å². The Labute approximate surface area is 183 Å². The second-order valence-corrected chi connectivity index (χ2v) is 9.60. The van der Waals surface area contributed by atoms with Crippen molar-refractivity contribution in [1.29, 1.82) is 0 Å². The van der Waals surface area contributed by atoms with Crippen LogP contribution in [0.25, 0.3) is 0 Å². The molecule has 8 heteroatoms. The van der Waals surface area contributed by atoms with Crippen LogP contribution in [0.5, 0.6) is 0 Å². The van der Waals surface area contributed by atoms with E-state index >= 15 is 0 Å². The fourth-order valence-electron chi connectivity index (χ4n) is 4.52. The number of methoxy groups -OCH3 is 1. The van der Waals surface area contributed by atoms with Crippen LogP contribution < -0.4 is 10.9 Å². The normalized spacial score (nSPS) is 26.5. The minimum absolute atomic E-state index is 0.0196. The quantitative estimate of drug-likeness (QED) is 0.771. The molecule has 1 aliphatic carbocycles. The Morgan fingerprint density at radius 3 is 2.48 bits per heavy atom. The molecule has 8 nitrogen and oxygen atoms in total. The molecule has 2 amide bonds. The lowest BCUT2D eigenvalue weighted by molar-refractivity contribution is -0.123. The van der Waals surface area contributed by atoms with Crippen LogP contribution in [0.4, 0.5) is 4.79 Å². The standard InChI is InChI=1S/C23H35N3O5/c1-23(2,3)31-22(29)26-15-19(30-4)13-18(26)14-20(27)24-16-8-10-17(11-9-16)25-12-6-5-7-21(25)28/h5-7,12,16-19H,8-11,13-15H2,1-4H3,(H,24,27)/t16?,17?,18-,19-/m1/s1. The largest absolute Gasteiger partial charge is 0.444 e. The predicted octanol–water partition coefficient (Wildman–Crippen LogP) is 2.86. The van der Waals surface area contributed by atoms with E-state index in [1.165, 1.54) is 0 Å². The van der Waals surface area contributed by atoms with Crippen molar-refractivity contribution in [3.63, 3.8) is 0 Å². The maximum absolute atomic E-state index is 12.7. The molecule has 1 aromatic rings. The number of pyridine rings is 1. The van der Waals surface area contributed by atoms with Gasteiger partial charge in [0.05, 0.1) is 12.6 Å². The first kappa shape index (κ1) is 23.3. The number of carbonyl (C=O) groups is 2. The Morgan fingerprint density at radius 2 is 1.87 bits per heavy atom. The average Bonchev–Trinajstić information content (AvgIpc) is 3.11. The average molecular weight is 434 g/mol. The molecule has 2 atom stereocenters. The summed E-state index contributed by atoms with van der Waals surface area (Å²) in [5.41, 5.74) is -0.569.